The number of hydrogen-bond donors (Lipinski definition) is 3. The number of aromatic nitrogens is 2. The fraction of sp³-hybridized carbons (Fsp3) is 0.500. The lowest BCUT2D eigenvalue weighted by molar-refractivity contribution is -0.192. The van der Waals surface area contributed by atoms with Crippen LogP contribution in [0.3, 0.4) is 0 Å². The zero-order valence-electron chi connectivity index (χ0n) is 25.9. The lowest BCUT2D eigenvalue weighted by atomic mass is 9.95. The molecular formula is C30H34Cl2F6N6O3. The molecular weight excluding hydrogens is 677 g/mol. The minimum atomic E-state index is -4.54. The highest BCUT2D eigenvalue weighted by Gasteiger charge is 2.52. The first-order valence-electron chi connectivity index (χ1n) is 14.5. The number of morpholine rings is 1. The Labute approximate surface area is 276 Å². The number of carbonyl (C=O) groups excluding carboxylic acids is 2. The van der Waals surface area contributed by atoms with E-state index in [4.69, 9.17) is 27.9 Å². The molecule has 4 rings (SSSR count). The minimum Gasteiger partial charge on any atom is -0.378 e. The van der Waals surface area contributed by atoms with Gasteiger partial charge in [-0.2, -0.15) is 8.78 Å². The van der Waals surface area contributed by atoms with Gasteiger partial charge in [-0.25, -0.2) is 22.5 Å². The fourth-order valence-electron chi connectivity index (χ4n) is 4.67. The summed E-state index contributed by atoms with van der Waals surface area (Å²) in [7, 11) is 0. The molecule has 0 radical (unpaired) electrons. The Kier molecular flexibility index (Phi) is 10.8. The minimum absolute atomic E-state index is 0.0173. The molecule has 2 heterocycles. The van der Waals surface area contributed by atoms with Crippen LogP contribution < -0.4 is 20.9 Å². The van der Waals surface area contributed by atoms with Crippen LogP contribution in [-0.2, 0) is 22.6 Å². The Bertz CT molecular complexity index is 1630. The third-order valence-electron chi connectivity index (χ3n) is 7.42. The molecule has 3 aromatic rings. The van der Waals surface area contributed by atoms with Gasteiger partial charge in [0.2, 0.25) is 11.9 Å². The Morgan fingerprint density at radius 3 is 2.28 bits per heavy atom. The molecule has 0 spiro atoms. The van der Waals surface area contributed by atoms with Crippen molar-refractivity contribution in [3.63, 3.8) is 0 Å². The van der Waals surface area contributed by atoms with E-state index in [1.807, 2.05) is 5.32 Å². The normalized spacial score (nSPS) is 14.5. The van der Waals surface area contributed by atoms with Crippen LogP contribution in [0.5, 0.6) is 0 Å². The van der Waals surface area contributed by atoms with Gasteiger partial charge in [-0.1, -0.05) is 50.0 Å². The number of hydrogen-bond acceptors (Lipinski definition) is 6. The Morgan fingerprint density at radius 1 is 1.02 bits per heavy atom. The molecule has 1 saturated heterocycles. The summed E-state index contributed by atoms with van der Waals surface area (Å²) in [5, 5.41) is 7.74. The number of halogens is 8. The molecule has 9 nitrogen and oxygen atoms in total. The van der Waals surface area contributed by atoms with Gasteiger partial charge in [0, 0.05) is 32.0 Å². The van der Waals surface area contributed by atoms with E-state index in [9.17, 15) is 35.9 Å². The quantitative estimate of drug-likeness (QED) is 0.188. The van der Waals surface area contributed by atoms with E-state index in [1.54, 1.807) is 31.7 Å². The highest BCUT2D eigenvalue weighted by molar-refractivity contribution is 6.39. The maximum atomic E-state index is 14.0. The summed E-state index contributed by atoms with van der Waals surface area (Å²) in [4.78, 5) is 31.7. The third kappa shape index (κ3) is 8.36. The molecule has 0 atom stereocenters. The lowest BCUT2D eigenvalue weighted by Crippen LogP contribution is -2.47. The van der Waals surface area contributed by atoms with Crippen molar-refractivity contribution in [1.82, 2.24) is 20.2 Å². The second-order valence-electron chi connectivity index (χ2n) is 12.1. The first-order valence-corrected chi connectivity index (χ1v) is 15.3. The maximum absolute atomic E-state index is 14.0. The van der Waals surface area contributed by atoms with E-state index in [1.165, 1.54) is 18.2 Å². The third-order valence-corrected chi connectivity index (χ3v) is 8.17. The largest absolute Gasteiger partial charge is 0.378 e. The molecule has 0 saturated carbocycles. The van der Waals surface area contributed by atoms with Gasteiger partial charge in [0.15, 0.2) is 0 Å². The van der Waals surface area contributed by atoms with Crippen LogP contribution in [0, 0.1) is 5.41 Å². The van der Waals surface area contributed by atoms with Crippen LogP contribution in [-0.4, -0.2) is 72.5 Å². The average Bonchev–Trinajstić information content (AvgIpc) is 3.31. The number of fused-ring (bicyclic) bond motifs is 1. The number of anilines is 3. The lowest BCUT2D eigenvalue weighted by Gasteiger charge is -2.30. The predicted octanol–water partition coefficient (Wildman–Crippen LogP) is 6.87. The van der Waals surface area contributed by atoms with Crippen LogP contribution in [0.15, 0.2) is 24.3 Å². The van der Waals surface area contributed by atoms with Crippen LogP contribution in [0.4, 0.5) is 43.7 Å². The molecule has 0 unspecified atom stereocenters. The molecule has 17 heteroatoms. The Balaban J connectivity index is 1.78. The molecule has 2 amide bonds. The summed E-state index contributed by atoms with van der Waals surface area (Å²) in [5.74, 6) is -10.4. The SMILES string of the molecule is CC(C)(C)C(=O)NCc1ccc(Cl)c(Nc2nc3cc(C(=O)NCC(F)(F)C(C)(F)F)c(N4CCOCC4)cc3n2CC(F)F)c1Cl. The number of amides is 2. The van der Waals surface area contributed by atoms with Crippen molar-refractivity contribution in [1.29, 1.82) is 0 Å². The zero-order valence-corrected chi connectivity index (χ0v) is 27.4. The molecule has 2 aromatic carbocycles. The summed E-state index contributed by atoms with van der Waals surface area (Å²) in [6.45, 7) is 3.87. The van der Waals surface area contributed by atoms with Crippen molar-refractivity contribution in [2.24, 2.45) is 5.41 Å². The number of ether oxygens (including phenoxy) is 1. The van der Waals surface area contributed by atoms with Gasteiger partial charge in [-0.05, 0) is 23.8 Å². The average molecular weight is 712 g/mol. The highest BCUT2D eigenvalue weighted by Crippen LogP contribution is 2.38. The number of rotatable bonds is 11. The number of benzene rings is 2. The first-order chi connectivity index (χ1) is 21.8. The molecule has 1 aliphatic heterocycles. The summed E-state index contributed by atoms with van der Waals surface area (Å²) in [5.41, 5.74) is 0.0695. The molecule has 1 aromatic heterocycles. The van der Waals surface area contributed by atoms with Crippen molar-refractivity contribution in [3.05, 3.63) is 45.4 Å². The second-order valence-corrected chi connectivity index (χ2v) is 12.9. The molecule has 258 valence electrons. The van der Waals surface area contributed by atoms with Crippen LogP contribution >= 0.6 is 23.2 Å². The van der Waals surface area contributed by atoms with Crippen LogP contribution in [0.2, 0.25) is 10.0 Å². The number of nitrogens with one attached hydrogen (secondary N) is 3. The summed E-state index contributed by atoms with van der Waals surface area (Å²) < 4.78 is 89.2. The van der Waals surface area contributed by atoms with Gasteiger partial charge in [-0.3, -0.25) is 9.59 Å². The molecule has 0 aliphatic carbocycles. The van der Waals surface area contributed by atoms with Crippen LogP contribution in [0.25, 0.3) is 11.0 Å². The van der Waals surface area contributed by atoms with E-state index < -0.39 is 42.7 Å². The van der Waals surface area contributed by atoms with Crippen molar-refractivity contribution < 1.29 is 40.7 Å². The zero-order chi connectivity index (χ0) is 34.9. The monoisotopic (exact) mass is 710 g/mol. The van der Waals surface area contributed by atoms with E-state index >= 15 is 0 Å². The summed E-state index contributed by atoms with van der Waals surface area (Å²) in [6.07, 6.45) is -2.86. The van der Waals surface area contributed by atoms with Crippen molar-refractivity contribution in [2.45, 2.75) is 59.1 Å². The molecule has 0 bridgehead atoms. The van der Waals surface area contributed by atoms with Gasteiger partial charge < -0.3 is 30.2 Å². The van der Waals surface area contributed by atoms with E-state index in [-0.39, 0.29) is 89.6 Å². The standard InChI is InChI=1S/C30H34Cl2F6N6O3/c1-28(2,3)26(46)39-13-16-5-6-18(31)24(23(16)32)42-27-41-19-11-17(25(45)40-15-30(37,38)29(4,35)36)20(43-7-9-47-10-8-43)12-21(19)44(27)14-22(33)34/h5-6,11-12,22H,7-10,13-15H2,1-4H3,(H,39,46)(H,40,45)(H,41,42). The Morgan fingerprint density at radius 2 is 1.68 bits per heavy atom. The molecule has 1 aliphatic rings. The number of carbonyl (C=O) groups is 2. The fourth-order valence-corrected chi connectivity index (χ4v) is 5.20. The predicted molar refractivity (Wildman–Crippen MR) is 168 cm³/mol. The highest BCUT2D eigenvalue weighted by atomic mass is 35.5. The van der Waals surface area contributed by atoms with Gasteiger partial charge >= 0.3 is 11.8 Å². The van der Waals surface area contributed by atoms with E-state index in [0.29, 0.717) is 5.56 Å². The molecule has 1 fully saturated rings. The molecule has 3 N–H and O–H groups in total. The van der Waals surface area contributed by atoms with Gasteiger partial charge in [-0.15, -0.1) is 0 Å². The van der Waals surface area contributed by atoms with Crippen LogP contribution in [0.1, 0.15) is 43.6 Å². The smallest absolute Gasteiger partial charge is 0.326 e. The second kappa shape index (κ2) is 14.0. The topological polar surface area (TPSA) is 101 Å². The van der Waals surface area contributed by atoms with Crippen molar-refractivity contribution in [2.75, 3.05) is 43.1 Å². The number of imidazole rings is 1. The molecule has 47 heavy (non-hydrogen) atoms. The Hall–Kier alpha value is -3.43. The number of nitrogens with zero attached hydrogens (tertiary/aromatic N) is 3. The van der Waals surface area contributed by atoms with Crippen molar-refractivity contribution in [3.8, 4) is 0 Å². The van der Waals surface area contributed by atoms with E-state index in [2.05, 4.69) is 15.6 Å². The van der Waals surface area contributed by atoms with Gasteiger partial charge in [0.05, 0.1) is 64.3 Å². The van der Waals surface area contributed by atoms with Crippen molar-refractivity contribution >= 4 is 63.4 Å². The van der Waals surface area contributed by atoms with Gasteiger partial charge in [0.1, 0.15) is 0 Å². The summed E-state index contributed by atoms with van der Waals surface area (Å²) in [6, 6.07) is 5.72. The first kappa shape index (κ1) is 36.4. The maximum Gasteiger partial charge on any atom is 0.326 e. The number of alkyl halides is 6. The van der Waals surface area contributed by atoms with Gasteiger partial charge in [0.25, 0.3) is 12.3 Å². The van der Waals surface area contributed by atoms with E-state index in [0.717, 1.165) is 4.57 Å². The summed E-state index contributed by atoms with van der Waals surface area (Å²) >= 11 is 13.1.